The van der Waals surface area contributed by atoms with Gasteiger partial charge in [-0.1, -0.05) is 60.7 Å². The van der Waals surface area contributed by atoms with Gasteiger partial charge in [0.1, 0.15) is 6.04 Å². The number of rotatable bonds is 8. The molecule has 0 saturated heterocycles. The summed E-state index contributed by atoms with van der Waals surface area (Å²) < 4.78 is 4.84. The molecule has 120 valence electrons. The maximum Gasteiger partial charge on any atom is 0.323 e. The molecule has 1 N–H and O–H groups in total. The van der Waals surface area contributed by atoms with Crippen molar-refractivity contribution in [3.63, 3.8) is 0 Å². The molecule has 0 saturated carbocycles. The van der Waals surface area contributed by atoms with E-state index in [1.54, 1.807) is 12.1 Å². The van der Waals surface area contributed by atoms with Crippen LogP contribution in [0.3, 0.4) is 0 Å². The lowest BCUT2D eigenvalue weighted by atomic mass is 10.1. The number of hydrogen-bond acceptors (Lipinski definition) is 4. The topological polar surface area (TPSA) is 55.4 Å². The second-order valence-corrected chi connectivity index (χ2v) is 5.26. The molecule has 0 spiro atoms. The first-order chi connectivity index (χ1) is 11.2. The van der Waals surface area contributed by atoms with Crippen LogP contribution in [0.25, 0.3) is 0 Å². The van der Waals surface area contributed by atoms with E-state index in [1.165, 1.54) is 7.11 Å². The first-order valence-electron chi connectivity index (χ1n) is 7.64. The van der Waals surface area contributed by atoms with Gasteiger partial charge in [-0.25, -0.2) is 0 Å². The number of methoxy groups -OCH3 is 1. The van der Waals surface area contributed by atoms with E-state index in [1.807, 2.05) is 48.5 Å². The van der Waals surface area contributed by atoms with Gasteiger partial charge in [-0.2, -0.15) is 0 Å². The van der Waals surface area contributed by atoms with Gasteiger partial charge in [0.05, 0.1) is 7.11 Å². The maximum atomic E-state index is 12.1. The first kappa shape index (κ1) is 16.9. The van der Waals surface area contributed by atoms with Gasteiger partial charge in [-0.05, 0) is 12.0 Å². The summed E-state index contributed by atoms with van der Waals surface area (Å²) in [5.41, 5.74) is 1.73. The van der Waals surface area contributed by atoms with Crippen LogP contribution in [0, 0.1) is 0 Å². The summed E-state index contributed by atoms with van der Waals surface area (Å²) in [6, 6.07) is 18.4. The van der Waals surface area contributed by atoms with E-state index in [-0.39, 0.29) is 11.8 Å². The number of esters is 1. The number of ether oxygens (including phenoxy) is 1. The summed E-state index contributed by atoms with van der Waals surface area (Å²) in [4.78, 5) is 24.0. The number of carbonyl (C=O) groups excluding carboxylic acids is 2. The highest BCUT2D eigenvalue weighted by atomic mass is 16.5. The zero-order valence-corrected chi connectivity index (χ0v) is 13.2. The molecule has 0 aliphatic heterocycles. The van der Waals surface area contributed by atoms with Gasteiger partial charge in [0.15, 0.2) is 5.78 Å². The Labute approximate surface area is 136 Å². The monoisotopic (exact) mass is 311 g/mol. The van der Waals surface area contributed by atoms with Crippen molar-refractivity contribution < 1.29 is 14.3 Å². The molecule has 0 aromatic heterocycles. The van der Waals surface area contributed by atoms with Gasteiger partial charge in [-0.3, -0.25) is 9.59 Å². The Kier molecular flexibility index (Phi) is 6.51. The predicted octanol–water partition coefficient (Wildman–Crippen LogP) is 2.63. The van der Waals surface area contributed by atoms with E-state index in [0.717, 1.165) is 5.56 Å². The highest BCUT2D eigenvalue weighted by molar-refractivity contribution is 5.96. The van der Waals surface area contributed by atoms with E-state index < -0.39 is 6.04 Å². The molecule has 0 unspecified atom stereocenters. The third kappa shape index (κ3) is 5.34. The van der Waals surface area contributed by atoms with Crippen molar-refractivity contribution in [2.75, 3.05) is 13.7 Å². The quantitative estimate of drug-likeness (QED) is 0.601. The Morgan fingerprint density at radius 3 is 2.22 bits per heavy atom. The average molecular weight is 311 g/mol. The highest BCUT2D eigenvalue weighted by Gasteiger charge is 2.19. The molecule has 4 heteroatoms. The molecule has 0 bridgehead atoms. The number of carbonyl (C=O) groups is 2. The Morgan fingerprint density at radius 1 is 1.00 bits per heavy atom. The largest absolute Gasteiger partial charge is 0.468 e. The Hall–Kier alpha value is -2.46. The SMILES string of the molecule is COC(=O)[C@H](Cc1ccccc1)NCCC(=O)c1ccccc1. The fourth-order valence-electron chi connectivity index (χ4n) is 2.36. The normalized spacial score (nSPS) is 11.7. The predicted molar refractivity (Wildman–Crippen MR) is 89.3 cm³/mol. The van der Waals surface area contributed by atoms with E-state index in [0.29, 0.717) is 24.9 Å². The number of benzene rings is 2. The summed E-state index contributed by atoms with van der Waals surface area (Å²) >= 11 is 0. The highest BCUT2D eigenvalue weighted by Crippen LogP contribution is 2.06. The number of nitrogens with one attached hydrogen (secondary N) is 1. The van der Waals surface area contributed by atoms with Gasteiger partial charge < -0.3 is 10.1 Å². The zero-order chi connectivity index (χ0) is 16.5. The molecule has 2 rings (SSSR count). The van der Waals surface area contributed by atoms with Gasteiger partial charge in [0, 0.05) is 18.5 Å². The van der Waals surface area contributed by atoms with Crippen LogP contribution in [0.5, 0.6) is 0 Å². The lowest BCUT2D eigenvalue weighted by molar-refractivity contribution is -0.143. The molecular weight excluding hydrogens is 290 g/mol. The molecule has 0 amide bonds. The summed E-state index contributed by atoms with van der Waals surface area (Å²) in [7, 11) is 1.37. The standard InChI is InChI=1S/C19H21NO3/c1-23-19(22)17(14-15-8-4-2-5-9-15)20-13-12-18(21)16-10-6-3-7-11-16/h2-11,17,20H,12-14H2,1H3/t17-/m0/s1. The van der Waals surface area contributed by atoms with Gasteiger partial charge in [0.25, 0.3) is 0 Å². The zero-order valence-electron chi connectivity index (χ0n) is 13.2. The van der Waals surface area contributed by atoms with Crippen LogP contribution in [0.15, 0.2) is 60.7 Å². The summed E-state index contributed by atoms with van der Waals surface area (Å²) in [5.74, 6) is -0.262. The Morgan fingerprint density at radius 2 is 1.61 bits per heavy atom. The van der Waals surface area contributed by atoms with Crippen LogP contribution in [0.1, 0.15) is 22.3 Å². The molecule has 0 fully saturated rings. The van der Waals surface area contributed by atoms with Crippen LogP contribution >= 0.6 is 0 Å². The number of Topliss-reactive ketones (excluding diaryl/α,β-unsaturated/α-hetero) is 1. The third-order valence-corrected chi connectivity index (χ3v) is 3.61. The van der Waals surface area contributed by atoms with Crippen molar-refractivity contribution in [2.24, 2.45) is 0 Å². The molecule has 1 atom stereocenters. The molecule has 23 heavy (non-hydrogen) atoms. The summed E-state index contributed by atoms with van der Waals surface area (Å²) in [6.07, 6.45) is 0.874. The second kappa shape index (κ2) is 8.86. The van der Waals surface area contributed by atoms with E-state index in [4.69, 9.17) is 4.74 Å². The first-order valence-corrected chi connectivity index (χ1v) is 7.64. The minimum Gasteiger partial charge on any atom is -0.468 e. The molecular formula is C19H21NO3. The van der Waals surface area contributed by atoms with Crippen LogP contribution in [-0.4, -0.2) is 31.4 Å². The summed E-state index contributed by atoms with van der Waals surface area (Å²) in [5, 5.41) is 3.12. The minimum atomic E-state index is -0.453. The van der Waals surface area contributed by atoms with Gasteiger partial charge in [-0.15, -0.1) is 0 Å². The van der Waals surface area contributed by atoms with Crippen LogP contribution in [0.2, 0.25) is 0 Å². The minimum absolute atomic E-state index is 0.0569. The fraction of sp³-hybridized carbons (Fsp3) is 0.263. The smallest absolute Gasteiger partial charge is 0.323 e. The molecule has 2 aromatic rings. The van der Waals surface area contributed by atoms with Crippen molar-refractivity contribution in [1.82, 2.24) is 5.32 Å². The van der Waals surface area contributed by atoms with Crippen molar-refractivity contribution in [3.05, 3.63) is 71.8 Å². The van der Waals surface area contributed by atoms with E-state index in [2.05, 4.69) is 5.32 Å². The Bertz CT molecular complexity index is 626. The lowest BCUT2D eigenvalue weighted by Crippen LogP contribution is -2.40. The fourth-order valence-corrected chi connectivity index (χ4v) is 2.36. The van der Waals surface area contributed by atoms with Crippen LogP contribution in [-0.2, 0) is 16.0 Å². The molecule has 2 aromatic carbocycles. The second-order valence-electron chi connectivity index (χ2n) is 5.26. The molecule has 0 heterocycles. The lowest BCUT2D eigenvalue weighted by Gasteiger charge is -2.16. The summed E-state index contributed by atoms with van der Waals surface area (Å²) in [6.45, 7) is 0.431. The van der Waals surface area contributed by atoms with Crippen LogP contribution < -0.4 is 5.32 Å². The Balaban J connectivity index is 1.88. The molecule has 0 aliphatic carbocycles. The third-order valence-electron chi connectivity index (χ3n) is 3.61. The number of hydrogen-bond donors (Lipinski definition) is 1. The van der Waals surface area contributed by atoms with Gasteiger partial charge in [0.2, 0.25) is 0 Å². The molecule has 0 aliphatic rings. The van der Waals surface area contributed by atoms with Crippen molar-refractivity contribution >= 4 is 11.8 Å². The molecule has 0 radical (unpaired) electrons. The van der Waals surface area contributed by atoms with Crippen LogP contribution in [0.4, 0.5) is 0 Å². The van der Waals surface area contributed by atoms with Crippen molar-refractivity contribution in [3.8, 4) is 0 Å². The van der Waals surface area contributed by atoms with Crippen molar-refractivity contribution in [2.45, 2.75) is 18.9 Å². The van der Waals surface area contributed by atoms with E-state index >= 15 is 0 Å². The average Bonchev–Trinajstić information content (AvgIpc) is 2.61. The molecule has 4 nitrogen and oxygen atoms in total. The maximum absolute atomic E-state index is 12.1. The number of ketones is 1. The van der Waals surface area contributed by atoms with E-state index in [9.17, 15) is 9.59 Å². The van der Waals surface area contributed by atoms with Crippen molar-refractivity contribution in [1.29, 1.82) is 0 Å². The van der Waals surface area contributed by atoms with Gasteiger partial charge >= 0.3 is 5.97 Å².